The van der Waals surface area contributed by atoms with Crippen LogP contribution in [0.2, 0.25) is 0 Å². The summed E-state index contributed by atoms with van der Waals surface area (Å²) in [4.78, 5) is 17.1. The van der Waals surface area contributed by atoms with Gasteiger partial charge in [-0.3, -0.25) is 9.69 Å². The third kappa shape index (κ3) is 4.96. The molecule has 2 fully saturated rings. The average molecular weight is 295 g/mol. The number of nitrogens with zero attached hydrogens (tertiary/aromatic N) is 2. The van der Waals surface area contributed by atoms with Crippen LogP contribution in [0.1, 0.15) is 57.8 Å². The number of rotatable bonds is 6. The van der Waals surface area contributed by atoms with Gasteiger partial charge in [-0.1, -0.05) is 25.7 Å². The Morgan fingerprint density at radius 1 is 1.14 bits per heavy atom. The van der Waals surface area contributed by atoms with Crippen LogP contribution in [0.25, 0.3) is 0 Å². The second kappa shape index (κ2) is 8.74. The third-order valence-electron chi connectivity index (χ3n) is 5.33. The number of hydrogen-bond acceptors (Lipinski definition) is 3. The van der Waals surface area contributed by atoms with Crippen LogP contribution < -0.4 is 5.32 Å². The van der Waals surface area contributed by atoms with Crippen molar-refractivity contribution in [2.45, 2.75) is 69.9 Å². The molecule has 122 valence electrons. The van der Waals surface area contributed by atoms with Gasteiger partial charge in [-0.2, -0.15) is 0 Å². The summed E-state index contributed by atoms with van der Waals surface area (Å²) in [5, 5.41) is 3.24. The number of carbonyl (C=O) groups excluding carboxylic acids is 1. The molecule has 2 aliphatic rings. The Balaban J connectivity index is 1.83. The topological polar surface area (TPSA) is 35.6 Å². The second-order valence-corrected chi connectivity index (χ2v) is 6.81. The highest BCUT2D eigenvalue weighted by Gasteiger charge is 2.27. The van der Waals surface area contributed by atoms with Crippen molar-refractivity contribution in [1.82, 2.24) is 15.1 Å². The van der Waals surface area contributed by atoms with Crippen LogP contribution in [0.5, 0.6) is 0 Å². The lowest BCUT2D eigenvalue weighted by molar-refractivity contribution is -0.134. The Labute approximate surface area is 130 Å². The molecule has 1 aliphatic carbocycles. The summed E-state index contributed by atoms with van der Waals surface area (Å²) >= 11 is 0. The van der Waals surface area contributed by atoms with E-state index in [0.29, 0.717) is 24.5 Å². The molecule has 4 heteroatoms. The summed E-state index contributed by atoms with van der Waals surface area (Å²) < 4.78 is 0. The van der Waals surface area contributed by atoms with Gasteiger partial charge < -0.3 is 10.2 Å². The van der Waals surface area contributed by atoms with Crippen molar-refractivity contribution in [3.8, 4) is 0 Å². The number of piperidine rings is 1. The molecule has 0 bridgehead atoms. The lowest BCUT2D eigenvalue weighted by Crippen LogP contribution is -2.49. The zero-order valence-electron chi connectivity index (χ0n) is 13.9. The molecule has 1 amide bonds. The van der Waals surface area contributed by atoms with Gasteiger partial charge in [0.2, 0.25) is 5.91 Å². The Bertz CT molecular complexity index is 315. The van der Waals surface area contributed by atoms with Crippen LogP contribution in [-0.2, 0) is 4.79 Å². The van der Waals surface area contributed by atoms with Crippen molar-refractivity contribution in [1.29, 1.82) is 0 Å². The largest absolute Gasteiger partial charge is 0.342 e. The first-order valence-electron chi connectivity index (χ1n) is 8.86. The van der Waals surface area contributed by atoms with Crippen molar-refractivity contribution < 1.29 is 4.79 Å². The summed E-state index contributed by atoms with van der Waals surface area (Å²) in [5.74, 6) is 0.332. The van der Waals surface area contributed by atoms with Gasteiger partial charge in [0.05, 0.1) is 6.54 Å². The molecule has 4 nitrogen and oxygen atoms in total. The summed E-state index contributed by atoms with van der Waals surface area (Å²) in [6, 6.07) is 1.08. The lowest BCUT2D eigenvalue weighted by Gasteiger charge is -2.38. The molecule has 2 rings (SSSR count). The monoisotopic (exact) mass is 295 g/mol. The fourth-order valence-electron chi connectivity index (χ4n) is 3.86. The van der Waals surface area contributed by atoms with Gasteiger partial charge in [-0.25, -0.2) is 0 Å². The summed E-state index contributed by atoms with van der Waals surface area (Å²) in [5.41, 5.74) is 0. The highest BCUT2D eigenvalue weighted by atomic mass is 16.2. The quantitative estimate of drug-likeness (QED) is 0.816. The molecule has 21 heavy (non-hydrogen) atoms. The van der Waals surface area contributed by atoms with E-state index in [1.54, 1.807) is 0 Å². The van der Waals surface area contributed by atoms with Crippen LogP contribution in [0.15, 0.2) is 0 Å². The summed E-state index contributed by atoms with van der Waals surface area (Å²) in [6.45, 7) is 2.77. The SMILES string of the molecule is CNCCC1CCCCN1CC(=O)N(C)C1CCCCC1. The molecular formula is C17H33N3O. The molecule has 1 saturated carbocycles. The van der Waals surface area contributed by atoms with Gasteiger partial charge >= 0.3 is 0 Å². The van der Waals surface area contributed by atoms with E-state index in [2.05, 4.69) is 10.2 Å². The molecule has 0 spiro atoms. The molecule has 0 aromatic carbocycles. The number of carbonyl (C=O) groups is 1. The van der Waals surface area contributed by atoms with Crippen molar-refractivity contribution in [2.75, 3.05) is 33.7 Å². The standard InChI is InChI=1S/C17H33N3O/c1-18-12-11-16-10-6-7-13-20(16)14-17(21)19(2)15-8-4-3-5-9-15/h15-16,18H,3-14H2,1-2H3. The zero-order valence-corrected chi connectivity index (χ0v) is 13.9. The predicted octanol–water partition coefficient (Wildman–Crippen LogP) is 2.24. The Morgan fingerprint density at radius 3 is 2.57 bits per heavy atom. The van der Waals surface area contributed by atoms with Crippen LogP contribution >= 0.6 is 0 Å². The van der Waals surface area contributed by atoms with Crippen LogP contribution in [-0.4, -0.2) is 61.5 Å². The zero-order chi connectivity index (χ0) is 15.1. The summed E-state index contributed by atoms with van der Waals surface area (Å²) in [6.07, 6.45) is 11.3. The van der Waals surface area contributed by atoms with Gasteiger partial charge in [-0.15, -0.1) is 0 Å². The average Bonchev–Trinajstić information content (AvgIpc) is 2.54. The Kier molecular flexibility index (Phi) is 6.97. The highest BCUT2D eigenvalue weighted by Crippen LogP contribution is 2.23. The maximum absolute atomic E-state index is 12.6. The number of likely N-dealkylation sites (N-methyl/N-ethyl adjacent to an activating group) is 1. The molecule has 0 radical (unpaired) electrons. The minimum atomic E-state index is 0.332. The van der Waals surface area contributed by atoms with E-state index in [1.807, 2.05) is 19.0 Å². The number of hydrogen-bond donors (Lipinski definition) is 1. The minimum Gasteiger partial charge on any atom is -0.342 e. The van der Waals surface area contributed by atoms with Crippen molar-refractivity contribution in [2.24, 2.45) is 0 Å². The van der Waals surface area contributed by atoms with E-state index in [4.69, 9.17) is 0 Å². The van der Waals surface area contributed by atoms with Gasteiger partial charge in [0, 0.05) is 19.1 Å². The van der Waals surface area contributed by atoms with E-state index in [-0.39, 0.29) is 0 Å². The van der Waals surface area contributed by atoms with Crippen LogP contribution in [0, 0.1) is 0 Å². The van der Waals surface area contributed by atoms with Crippen LogP contribution in [0.4, 0.5) is 0 Å². The first-order chi connectivity index (χ1) is 10.2. The molecule has 1 heterocycles. The van der Waals surface area contributed by atoms with Crippen molar-refractivity contribution in [3.05, 3.63) is 0 Å². The fraction of sp³-hybridized carbons (Fsp3) is 0.941. The smallest absolute Gasteiger partial charge is 0.236 e. The fourth-order valence-corrected chi connectivity index (χ4v) is 3.86. The first-order valence-corrected chi connectivity index (χ1v) is 8.86. The number of likely N-dealkylation sites (tertiary alicyclic amines) is 1. The number of amides is 1. The molecule has 1 unspecified atom stereocenters. The molecule has 1 atom stereocenters. The van der Waals surface area contributed by atoms with Gasteiger partial charge in [-0.05, 0) is 52.2 Å². The normalized spacial score (nSPS) is 25.0. The third-order valence-corrected chi connectivity index (χ3v) is 5.33. The molecule has 1 saturated heterocycles. The van der Waals surface area contributed by atoms with Gasteiger partial charge in [0.1, 0.15) is 0 Å². The predicted molar refractivity (Wildman–Crippen MR) is 87.4 cm³/mol. The van der Waals surface area contributed by atoms with E-state index >= 15 is 0 Å². The highest BCUT2D eigenvalue weighted by molar-refractivity contribution is 5.78. The Hall–Kier alpha value is -0.610. The van der Waals surface area contributed by atoms with E-state index in [0.717, 1.165) is 19.5 Å². The first kappa shape index (κ1) is 16.8. The van der Waals surface area contributed by atoms with Crippen LogP contribution in [0.3, 0.4) is 0 Å². The van der Waals surface area contributed by atoms with Gasteiger partial charge in [0.15, 0.2) is 0 Å². The lowest BCUT2D eigenvalue weighted by atomic mass is 9.94. The van der Waals surface area contributed by atoms with Gasteiger partial charge in [0.25, 0.3) is 0 Å². The van der Waals surface area contributed by atoms with Crippen molar-refractivity contribution in [3.63, 3.8) is 0 Å². The van der Waals surface area contributed by atoms with Crippen molar-refractivity contribution >= 4 is 5.91 Å². The maximum Gasteiger partial charge on any atom is 0.236 e. The molecule has 0 aromatic heterocycles. The molecular weight excluding hydrogens is 262 g/mol. The molecule has 1 aliphatic heterocycles. The number of nitrogens with one attached hydrogen (secondary N) is 1. The van der Waals surface area contributed by atoms with E-state index in [9.17, 15) is 4.79 Å². The maximum atomic E-state index is 12.6. The molecule has 1 N–H and O–H groups in total. The van der Waals surface area contributed by atoms with E-state index < -0.39 is 0 Å². The minimum absolute atomic E-state index is 0.332. The molecule has 0 aromatic rings. The summed E-state index contributed by atoms with van der Waals surface area (Å²) in [7, 11) is 4.03. The Morgan fingerprint density at radius 2 is 1.86 bits per heavy atom. The van der Waals surface area contributed by atoms with E-state index in [1.165, 1.54) is 51.4 Å². The second-order valence-electron chi connectivity index (χ2n) is 6.81.